The summed E-state index contributed by atoms with van der Waals surface area (Å²) in [6, 6.07) is 4.52. The molecule has 1 N–H and O–H groups in total. The Balaban J connectivity index is 1.96. The Kier molecular flexibility index (Phi) is 4.64. The summed E-state index contributed by atoms with van der Waals surface area (Å²) in [7, 11) is 0. The maximum absolute atomic E-state index is 14.7. The molecule has 2 heterocycles. The topological polar surface area (TPSA) is 80.7 Å². The van der Waals surface area contributed by atoms with Crippen LogP contribution in [0.15, 0.2) is 43.2 Å². The minimum absolute atomic E-state index is 0.0574. The summed E-state index contributed by atoms with van der Waals surface area (Å²) in [6.07, 6.45) is 5.16. The molecule has 0 aliphatic heterocycles. The lowest BCUT2D eigenvalue weighted by Gasteiger charge is -2.08. The average molecular weight is 364 g/mol. The van der Waals surface area contributed by atoms with E-state index in [1.54, 1.807) is 6.07 Å². The van der Waals surface area contributed by atoms with Crippen LogP contribution in [-0.4, -0.2) is 25.8 Å². The summed E-state index contributed by atoms with van der Waals surface area (Å²) in [5.74, 6) is -1.61. The van der Waals surface area contributed by atoms with E-state index in [1.165, 1.54) is 30.9 Å². The smallest absolute Gasteiger partial charge is 0.277 e. The number of hydrogen-bond donors (Lipinski definition) is 1. The maximum atomic E-state index is 14.7. The largest absolute Gasteiger partial charge is 0.318 e. The number of nitrogens with zero attached hydrogens (tertiary/aromatic N) is 4. The standard InChI is InChI=1S/C15H8Cl2FN5O/c16-10-2-1-8(3-11(10)17)13-12(18)14(22-7-21-13)15(24)23-9-4-19-6-20-5-9/h1-7H,(H,23,24). The Morgan fingerprint density at radius 2 is 1.79 bits per heavy atom. The number of aromatic nitrogens is 4. The first-order valence-electron chi connectivity index (χ1n) is 6.58. The molecule has 0 fully saturated rings. The molecule has 0 saturated carbocycles. The fourth-order valence-corrected chi connectivity index (χ4v) is 2.22. The Labute approximate surface area is 145 Å². The van der Waals surface area contributed by atoms with Gasteiger partial charge >= 0.3 is 0 Å². The molecule has 0 saturated heterocycles. The lowest BCUT2D eigenvalue weighted by Crippen LogP contribution is -2.17. The number of carbonyl (C=O) groups excluding carboxylic acids is 1. The number of halogens is 3. The second-order valence-electron chi connectivity index (χ2n) is 4.60. The van der Waals surface area contributed by atoms with Crippen molar-refractivity contribution >= 4 is 34.8 Å². The lowest BCUT2D eigenvalue weighted by atomic mass is 10.1. The first-order valence-corrected chi connectivity index (χ1v) is 7.34. The molecule has 2 aromatic heterocycles. The fraction of sp³-hybridized carbons (Fsp3) is 0. The molecule has 6 nitrogen and oxygen atoms in total. The summed E-state index contributed by atoms with van der Waals surface area (Å²) in [4.78, 5) is 27.3. The summed E-state index contributed by atoms with van der Waals surface area (Å²) >= 11 is 11.8. The van der Waals surface area contributed by atoms with Gasteiger partial charge in [0, 0.05) is 5.56 Å². The van der Waals surface area contributed by atoms with Gasteiger partial charge in [-0.25, -0.2) is 24.3 Å². The molecule has 0 bridgehead atoms. The molecule has 0 atom stereocenters. The third kappa shape index (κ3) is 3.32. The Morgan fingerprint density at radius 3 is 2.50 bits per heavy atom. The van der Waals surface area contributed by atoms with E-state index in [4.69, 9.17) is 23.2 Å². The molecular weight excluding hydrogens is 356 g/mol. The highest BCUT2D eigenvalue weighted by molar-refractivity contribution is 6.42. The number of benzene rings is 1. The van der Waals surface area contributed by atoms with E-state index < -0.39 is 17.4 Å². The van der Waals surface area contributed by atoms with Gasteiger partial charge in [0.1, 0.15) is 18.3 Å². The van der Waals surface area contributed by atoms with Gasteiger partial charge in [0.25, 0.3) is 5.91 Å². The van der Waals surface area contributed by atoms with Crippen molar-refractivity contribution in [1.29, 1.82) is 0 Å². The van der Waals surface area contributed by atoms with E-state index in [0.717, 1.165) is 6.33 Å². The quantitative estimate of drug-likeness (QED) is 0.768. The van der Waals surface area contributed by atoms with Crippen LogP contribution in [0.5, 0.6) is 0 Å². The minimum Gasteiger partial charge on any atom is -0.318 e. The molecule has 120 valence electrons. The number of anilines is 1. The molecule has 0 unspecified atom stereocenters. The molecule has 0 aliphatic carbocycles. The van der Waals surface area contributed by atoms with E-state index in [9.17, 15) is 9.18 Å². The highest BCUT2D eigenvalue weighted by atomic mass is 35.5. The minimum atomic E-state index is -0.870. The van der Waals surface area contributed by atoms with Gasteiger partial charge in [0.05, 0.1) is 28.1 Å². The molecule has 0 spiro atoms. The van der Waals surface area contributed by atoms with Crippen LogP contribution in [-0.2, 0) is 0 Å². The summed E-state index contributed by atoms with van der Waals surface area (Å²) in [5.41, 5.74) is 0.228. The Bertz CT molecular complexity index is 908. The SMILES string of the molecule is O=C(Nc1cncnc1)c1ncnc(-c2ccc(Cl)c(Cl)c2)c1F. The van der Waals surface area contributed by atoms with Crippen LogP contribution in [0, 0.1) is 5.82 Å². The molecule has 1 amide bonds. The van der Waals surface area contributed by atoms with E-state index >= 15 is 0 Å². The lowest BCUT2D eigenvalue weighted by molar-refractivity contribution is 0.101. The van der Waals surface area contributed by atoms with Gasteiger partial charge in [-0.15, -0.1) is 0 Å². The predicted molar refractivity (Wildman–Crippen MR) is 87.4 cm³/mol. The number of amides is 1. The molecule has 1 aromatic carbocycles. The predicted octanol–water partition coefficient (Wildman–Crippen LogP) is 3.63. The third-order valence-corrected chi connectivity index (χ3v) is 3.76. The first-order chi connectivity index (χ1) is 11.6. The van der Waals surface area contributed by atoms with Crippen molar-refractivity contribution in [3.8, 4) is 11.3 Å². The highest BCUT2D eigenvalue weighted by Gasteiger charge is 2.19. The molecule has 3 aromatic rings. The zero-order valence-electron chi connectivity index (χ0n) is 11.9. The van der Waals surface area contributed by atoms with Crippen LogP contribution in [0.4, 0.5) is 10.1 Å². The third-order valence-electron chi connectivity index (χ3n) is 3.02. The fourth-order valence-electron chi connectivity index (χ4n) is 1.93. The van der Waals surface area contributed by atoms with Crippen LogP contribution in [0.2, 0.25) is 10.0 Å². The van der Waals surface area contributed by atoms with Gasteiger partial charge < -0.3 is 5.32 Å². The van der Waals surface area contributed by atoms with Gasteiger partial charge in [-0.1, -0.05) is 29.3 Å². The molecule has 0 radical (unpaired) electrons. The van der Waals surface area contributed by atoms with Crippen molar-refractivity contribution in [2.24, 2.45) is 0 Å². The molecule has 9 heteroatoms. The molecular formula is C15H8Cl2FN5O. The Hall–Kier alpha value is -2.64. The summed E-state index contributed by atoms with van der Waals surface area (Å²) < 4.78 is 14.7. The van der Waals surface area contributed by atoms with Crippen LogP contribution < -0.4 is 5.32 Å². The number of nitrogens with one attached hydrogen (secondary N) is 1. The molecule has 3 rings (SSSR count). The number of carbonyl (C=O) groups is 1. The normalized spacial score (nSPS) is 10.5. The van der Waals surface area contributed by atoms with Gasteiger partial charge in [0.15, 0.2) is 11.5 Å². The zero-order valence-corrected chi connectivity index (χ0v) is 13.4. The number of hydrogen-bond acceptors (Lipinski definition) is 5. The van der Waals surface area contributed by atoms with Gasteiger partial charge in [-0.3, -0.25) is 4.79 Å². The van der Waals surface area contributed by atoms with Crippen LogP contribution in [0.1, 0.15) is 10.5 Å². The van der Waals surface area contributed by atoms with Crippen molar-refractivity contribution in [3.63, 3.8) is 0 Å². The second kappa shape index (κ2) is 6.86. The van der Waals surface area contributed by atoms with Gasteiger partial charge in [0.2, 0.25) is 0 Å². The van der Waals surface area contributed by atoms with Gasteiger partial charge in [-0.2, -0.15) is 0 Å². The van der Waals surface area contributed by atoms with E-state index in [1.807, 2.05) is 0 Å². The van der Waals surface area contributed by atoms with E-state index in [-0.39, 0.29) is 10.7 Å². The Morgan fingerprint density at radius 1 is 1.04 bits per heavy atom. The van der Waals surface area contributed by atoms with Crippen molar-refractivity contribution < 1.29 is 9.18 Å². The monoisotopic (exact) mass is 363 g/mol. The van der Waals surface area contributed by atoms with Crippen LogP contribution >= 0.6 is 23.2 Å². The van der Waals surface area contributed by atoms with Crippen LogP contribution in [0.25, 0.3) is 11.3 Å². The zero-order chi connectivity index (χ0) is 17.1. The first kappa shape index (κ1) is 16.2. The van der Waals surface area contributed by atoms with Crippen molar-refractivity contribution in [1.82, 2.24) is 19.9 Å². The van der Waals surface area contributed by atoms with Gasteiger partial charge in [-0.05, 0) is 12.1 Å². The van der Waals surface area contributed by atoms with Crippen LogP contribution in [0.3, 0.4) is 0 Å². The highest BCUT2D eigenvalue weighted by Crippen LogP contribution is 2.29. The molecule has 24 heavy (non-hydrogen) atoms. The second-order valence-corrected chi connectivity index (χ2v) is 5.41. The number of rotatable bonds is 3. The van der Waals surface area contributed by atoms with E-state index in [0.29, 0.717) is 16.3 Å². The van der Waals surface area contributed by atoms with E-state index in [2.05, 4.69) is 25.3 Å². The summed E-state index contributed by atoms with van der Waals surface area (Å²) in [5, 5.41) is 3.04. The molecule has 0 aliphatic rings. The summed E-state index contributed by atoms with van der Waals surface area (Å²) in [6.45, 7) is 0. The maximum Gasteiger partial charge on any atom is 0.277 e. The van der Waals surface area contributed by atoms with Crippen molar-refractivity contribution in [2.45, 2.75) is 0 Å². The van der Waals surface area contributed by atoms with Crippen molar-refractivity contribution in [2.75, 3.05) is 5.32 Å². The van der Waals surface area contributed by atoms with Crippen molar-refractivity contribution in [3.05, 3.63) is 64.8 Å². The average Bonchev–Trinajstić information content (AvgIpc) is 2.58.